The number of methoxy groups -OCH3 is 1. The number of carbonyl (C=O) groups excluding carboxylic acids is 1. The van der Waals surface area contributed by atoms with Crippen molar-refractivity contribution in [2.75, 3.05) is 26.8 Å². The number of nitrogens with zero attached hydrogens (tertiary/aromatic N) is 2. The maximum absolute atomic E-state index is 12.6. The zero-order valence-electron chi connectivity index (χ0n) is 14.1. The first-order valence-corrected chi connectivity index (χ1v) is 8.06. The second-order valence-electron chi connectivity index (χ2n) is 6.20. The van der Waals surface area contributed by atoms with E-state index in [-0.39, 0.29) is 5.91 Å². The van der Waals surface area contributed by atoms with Crippen molar-refractivity contribution in [3.8, 4) is 5.75 Å². The second kappa shape index (κ2) is 7.01. The van der Waals surface area contributed by atoms with E-state index in [4.69, 9.17) is 9.47 Å². The number of hydrogen-bond acceptors (Lipinski definition) is 4. The van der Waals surface area contributed by atoms with Crippen LogP contribution in [0.2, 0.25) is 0 Å². The molecule has 1 saturated heterocycles. The van der Waals surface area contributed by atoms with Gasteiger partial charge in [0.05, 0.1) is 6.54 Å². The molecular formula is C19H22N2O3. The third kappa shape index (κ3) is 3.57. The van der Waals surface area contributed by atoms with E-state index in [1.807, 2.05) is 36.1 Å². The number of aromatic nitrogens is 1. The summed E-state index contributed by atoms with van der Waals surface area (Å²) in [7, 11) is 1.68. The normalized spacial score (nSPS) is 20.2. The molecule has 0 N–H and O–H groups in total. The van der Waals surface area contributed by atoms with E-state index in [2.05, 4.69) is 4.98 Å². The van der Waals surface area contributed by atoms with Crippen LogP contribution in [0.3, 0.4) is 0 Å². The number of benzene rings is 1. The van der Waals surface area contributed by atoms with Gasteiger partial charge >= 0.3 is 0 Å². The lowest BCUT2D eigenvalue weighted by Crippen LogP contribution is -2.42. The van der Waals surface area contributed by atoms with Gasteiger partial charge in [0.1, 0.15) is 18.0 Å². The summed E-state index contributed by atoms with van der Waals surface area (Å²) in [6.45, 7) is 3.65. The van der Waals surface area contributed by atoms with Crippen molar-refractivity contribution in [1.82, 2.24) is 9.88 Å². The number of aryl methyl sites for hydroxylation is 1. The largest absolute Gasteiger partial charge is 0.491 e. The molecule has 1 amide bonds. The van der Waals surface area contributed by atoms with Crippen LogP contribution in [0.15, 0.2) is 48.8 Å². The molecule has 0 aliphatic carbocycles. The summed E-state index contributed by atoms with van der Waals surface area (Å²) in [5, 5.41) is 0. The van der Waals surface area contributed by atoms with Crippen LogP contribution < -0.4 is 4.74 Å². The molecule has 5 nitrogen and oxygen atoms in total. The van der Waals surface area contributed by atoms with Crippen LogP contribution in [0.4, 0.5) is 0 Å². The molecule has 0 saturated carbocycles. The van der Waals surface area contributed by atoms with Gasteiger partial charge in [-0.25, -0.2) is 0 Å². The Morgan fingerprint density at radius 2 is 1.92 bits per heavy atom. The van der Waals surface area contributed by atoms with Crippen LogP contribution >= 0.6 is 0 Å². The third-order valence-corrected chi connectivity index (χ3v) is 4.49. The van der Waals surface area contributed by atoms with E-state index < -0.39 is 5.60 Å². The molecule has 126 valence electrons. The van der Waals surface area contributed by atoms with E-state index >= 15 is 0 Å². The Balaban J connectivity index is 1.64. The molecule has 0 radical (unpaired) electrons. The minimum absolute atomic E-state index is 0.00617. The highest BCUT2D eigenvalue weighted by Gasteiger charge is 2.41. The average molecular weight is 326 g/mol. The van der Waals surface area contributed by atoms with Gasteiger partial charge in [-0.2, -0.15) is 0 Å². The fourth-order valence-corrected chi connectivity index (χ4v) is 2.89. The molecule has 5 heteroatoms. The molecule has 3 rings (SSSR count). The predicted molar refractivity (Wildman–Crippen MR) is 91.2 cm³/mol. The number of hydrogen-bond donors (Lipinski definition) is 0. The van der Waals surface area contributed by atoms with Crippen LogP contribution in [-0.2, 0) is 4.74 Å². The summed E-state index contributed by atoms with van der Waals surface area (Å²) in [6, 6.07) is 11.4. The minimum Gasteiger partial charge on any atom is -0.491 e. The summed E-state index contributed by atoms with van der Waals surface area (Å²) in [4.78, 5) is 18.3. The molecule has 2 aromatic rings. The fourth-order valence-electron chi connectivity index (χ4n) is 2.89. The summed E-state index contributed by atoms with van der Waals surface area (Å²) >= 11 is 0. The quantitative estimate of drug-likeness (QED) is 0.848. The lowest BCUT2D eigenvalue weighted by atomic mass is 10.0. The summed E-state index contributed by atoms with van der Waals surface area (Å²) in [5.41, 5.74) is 1.38. The van der Waals surface area contributed by atoms with Crippen molar-refractivity contribution in [2.24, 2.45) is 0 Å². The van der Waals surface area contributed by atoms with Crippen molar-refractivity contribution < 1.29 is 14.3 Å². The highest BCUT2D eigenvalue weighted by molar-refractivity contribution is 5.94. The number of carbonyl (C=O) groups is 1. The van der Waals surface area contributed by atoms with Gasteiger partial charge in [-0.3, -0.25) is 9.78 Å². The summed E-state index contributed by atoms with van der Waals surface area (Å²) < 4.78 is 11.6. The molecule has 1 aliphatic heterocycles. The van der Waals surface area contributed by atoms with Crippen LogP contribution in [0.1, 0.15) is 22.3 Å². The van der Waals surface area contributed by atoms with Crippen molar-refractivity contribution in [3.63, 3.8) is 0 Å². The fraction of sp³-hybridized carbons (Fsp3) is 0.368. The van der Waals surface area contributed by atoms with Crippen molar-refractivity contribution in [2.45, 2.75) is 18.9 Å². The second-order valence-corrected chi connectivity index (χ2v) is 6.20. The monoisotopic (exact) mass is 326 g/mol. The van der Waals surface area contributed by atoms with Crippen LogP contribution in [0.5, 0.6) is 5.75 Å². The molecule has 1 atom stereocenters. The number of likely N-dealkylation sites (tertiary alicyclic amines) is 1. The zero-order valence-corrected chi connectivity index (χ0v) is 14.1. The average Bonchev–Trinajstić information content (AvgIpc) is 3.06. The first kappa shape index (κ1) is 16.5. The van der Waals surface area contributed by atoms with Gasteiger partial charge in [-0.1, -0.05) is 17.7 Å². The van der Waals surface area contributed by atoms with Crippen molar-refractivity contribution in [3.05, 3.63) is 59.9 Å². The Morgan fingerprint density at radius 3 is 2.58 bits per heavy atom. The lowest BCUT2D eigenvalue weighted by Gasteiger charge is -2.28. The van der Waals surface area contributed by atoms with Gasteiger partial charge in [0.25, 0.3) is 5.91 Å². The Labute approximate surface area is 142 Å². The molecule has 0 spiro atoms. The minimum atomic E-state index is -0.465. The van der Waals surface area contributed by atoms with Crippen LogP contribution in [0.25, 0.3) is 0 Å². The standard InChI is InChI=1S/C19H22N2O3/c1-15-3-5-17(6-4-15)24-14-19(23-2)9-12-21(13-19)18(22)16-7-10-20-11-8-16/h3-8,10-11H,9,12-14H2,1-2H3. The Hall–Kier alpha value is -2.40. The SMILES string of the molecule is COC1(COc2ccc(C)cc2)CCN(C(=O)c2ccncc2)C1. The van der Waals surface area contributed by atoms with Gasteiger partial charge in [0.15, 0.2) is 0 Å². The molecule has 1 aromatic carbocycles. The van der Waals surface area contributed by atoms with E-state index in [0.29, 0.717) is 25.3 Å². The van der Waals surface area contributed by atoms with Gasteiger partial charge in [-0.05, 0) is 37.6 Å². The molecule has 0 bridgehead atoms. The zero-order chi connectivity index (χ0) is 17.0. The number of pyridine rings is 1. The molecule has 24 heavy (non-hydrogen) atoms. The van der Waals surface area contributed by atoms with Crippen LogP contribution in [0, 0.1) is 6.92 Å². The summed E-state index contributed by atoms with van der Waals surface area (Å²) in [5.74, 6) is 0.822. The molecule has 2 heterocycles. The molecule has 1 fully saturated rings. The molecule has 1 aliphatic rings. The van der Waals surface area contributed by atoms with E-state index in [1.54, 1.807) is 31.6 Å². The number of ether oxygens (including phenoxy) is 2. The molecule has 1 aromatic heterocycles. The number of rotatable bonds is 5. The van der Waals surface area contributed by atoms with E-state index in [0.717, 1.165) is 12.2 Å². The first-order chi connectivity index (χ1) is 11.6. The maximum atomic E-state index is 12.6. The van der Waals surface area contributed by atoms with Gasteiger partial charge in [-0.15, -0.1) is 0 Å². The summed E-state index contributed by atoms with van der Waals surface area (Å²) in [6.07, 6.45) is 4.02. The van der Waals surface area contributed by atoms with Crippen molar-refractivity contribution >= 4 is 5.91 Å². The van der Waals surface area contributed by atoms with E-state index in [9.17, 15) is 4.79 Å². The Kier molecular flexibility index (Phi) is 4.81. The van der Waals surface area contributed by atoms with Gasteiger partial charge in [0.2, 0.25) is 0 Å². The van der Waals surface area contributed by atoms with Crippen molar-refractivity contribution in [1.29, 1.82) is 0 Å². The smallest absolute Gasteiger partial charge is 0.254 e. The van der Waals surface area contributed by atoms with Gasteiger partial charge in [0, 0.05) is 31.6 Å². The Bertz CT molecular complexity index is 688. The van der Waals surface area contributed by atoms with E-state index in [1.165, 1.54) is 5.56 Å². The molecular weight excluding hydrogens is 304 g/mol. The van der Waals surface area contributed by atoms with Crippen LogP contribution in [-0.4, -0.2) is 48.2 Å². The lowest BCUT2D eigenvalue weighted by molar-refractivity contribution is -0.0342. The maximum Gasteiger partial charge on any atom is 0.254 e. The first-order valence-electron chi connectivity index (χ1n) is 8.06. The topological polar surface area (TPSA) is 51.7 Å². The third-order valence-electron chi connectivity index (χ3n) is 4.49. The number of amides is 1. The Morgan fingerprint density at radius 1 is 1.21 bits per heavy atom. The molecule has 1 unspecified atom stereocenters. The highest BCUT2D eigenvalue weighted by Crippen LogP contribution is 2.27. The van der Waals surface area contributed by atoms with Gasteiger partial charge < -0.3 is 14.4 Å². The predicted octanol–water partition coefficient (Wildman–Crippen LogP) is 2.70. The highest BCUT2D eigenvalue weighted by atomic mass is 16.5.